The fraction of sp³-hybridized carbons (Fsp3) is 0.737. The van der Waals surface area contributed by atoms with Gasteiger partial charge in [0.2, 0.25) is 5.91 Å². The summed E-state index contributed by atoms with van der Waals surface area (Å²) in [5.41, 5.74) is 0.830. The van der Waals surface area contributed by atoms with Crippen LogP contribution < -0.4 is 0 Å². The summed E-state index contributed by atoms with van der Waals surface area (Å²) in [5, 5.41) is 1.02. The Labute approximate surface area is 153 Å². The number of hydrogen-bond acceptors (Lipinski definition) is 4. The first-order valence-corrected chi connectivity index (χ1v) is 10.3. The summed E-state index contributed by atoms with van der Waals surface area (Å²) < 4.78 is 0. The van der Waals surface area contributed by atoms with Crippen LogP contribution in [0.25, 0.3) is 0 Å². The molecule has 1 aromatic heterocycles. The van der Waals surface area contributed by atoms with Gasteiger partial charge in [-0.1, -0.05) is 13.8 Å². The molecule has 2 amide bonds. The van der Waals surface area contributed by atoms with Crippen LogP contribution in [0, 0.1) is 18.8 Å². The highest BCUT2D eigenvalue weighted by atomic mass is 32.1. The first kappa shape index (κ1) is 17.0. The second-order valence-electron chi connectivity index (χ2n) is 8.19. The van der Waals surface area contributed by atoms with Gasteiger partial charge in [-0.2, -0.15) is 0 Å². The van der Waals surface area contributed by atoms with E-state index in [1.165, 1.54) is 24.2 Å². The van der Waals surface area contributed by atoms with Crippen molar-refractivity contribution < 1.29 is 9.59 Å². The van der Waals surface area contributed by atoms with E-state index in [0.717, 1.165) is 35.0 Å². The maximum atomic E-state index is 13.1. The first-order valence-electron chi connectivity index (χ1n) is 9.51. The van der Waals surface area contributed by atoms with Crippen molar-refractivity contribution in [3.8, 4) is 0 Å². The summed E-state index contributed by atoms with van der Waals surface area (Å²) in [4.78, 5) is 35.3. The zero-order chi connectivity index (χ0) is 17.7. The molecular weight excluding hydrogens is 334 g/mol. The van der Waals surface area contributed by atoms with Gasteiger partial charge >= 0.3 is 0 Å². The van der Waals surface area contributed by atoms with Gasteiger partial charge in [-0.15, -0.1) is 11.3 Å². The number of piperidine rings is 1. The Morgan fingerprint density at radius 1 is 1.24 bits per heavy atom. The van der Waals surface area contributed by atoms with Crippen LogP contribution in [0.4, 0.5) is 0 Å². The summed E-state index contributed by atoms with van der Waals surface area (Å²) in [5.74, 6) is 1.37. The average Bonchev–Trinajstić information content (AvgIpc) is 3.35. The van der Waals surface area contributed by atoms with E-state index in [2.05, 4.69) is 23.7 Å². The molecule has 4 aliphatic rings. The Morgan fingerprint density at radius 3 is 2.64 bits per heavy atom. The molecule has 0 N–H and O–H groups in total. The standard InChI is InChI=1S/C19H27N3O2S/c1-11(2)17-20-12(3)16(25-17)19(24)21-9-14-6-7-15(10-21)22(18(14)23)8-13-4-5-13/h11,13-15H,4-10H2,1-3H3/t14-,15+/m0/s1. The molecule has 136 valence electrons. The van der Waals surface area contributed by atoms with E-state index in [1.54, 1.807) is 0 Å². The molecule has 4 fully saturated rings. The van der Waals surface area contributed by atoms with Crippen LogP contribution in [0.1, 0.15) is 65.8 Å². The van der Waals surface area contributed by atoms with Crippen molar-refractivity contribution in [2.75, 3.05) is 19.6 Å². The van der Waals surface area contributed by atoms with Crippen LogP contribution in [0.2, 0.25) is 0 Å². The third-order valence-electron chi connectivity index (χ3n) is 5.73. The van der Waals surface area contributed by atoms with E-state index < -0.39 is 0 Å². The summed E-state index contributed by atoms with van der Waals surface area (Å²) >= 11 is 1.52. The SMILES string of the molecule is Cc1nc(C(C)C)sc1C(=O)N1C[C@@H]2CC[C@H](C1)N(CC1CC1)C2=O. The molecule has 0 spiro atoms. The van der Waals surface area contributed by atoms with Gasteiger partial charge in [-0.05, 0) is 38.5 Å². The van der Waals surface area contributed by atoms with E-state index in [9.17, 15) is 9.59 Å². The van der Waals surface area contributed by atoms with Crippen LogP contribution in [0.5, 0.6) is 0 Å². The van der Waals surface area contributed by atoms with Gasteiger partial charge in [0, 0.05) is 31.6 Å². The van der Waals surface area contributed by atoms with Gasteiger partial charge in [0.1, 0.15) is 4.88 Å². The number of rotatable bonds is 4. The van der Waals surface area contributed by atoms with E-state index in [-0.39, 0.29) is 23.8 Å². The predicted octanol–water partition coefficient (Wildman–Crippen LogP) is 3.05. The topological polar surface area (TPSA) is 53.5 Å². The Balaban J connectivity index is 1.55. The lowest BCUT2D eigenvalue weighted by Crippen LogP contribution is -2.48. The maximum Gasteiger partial charge on any atom is 0.265 e. The Morgan fingerprint density at radius 2 is 2.00 bits per heavy atom. The van der Waals surface area contributed by atoms with E-state index in [4.69, 9.17) is 0 Å². The molecule has 3 saturated heterocycles. The Kier molecular flexibility index (Phi) is 4.34. The van der Waals surface area contributed by atoms with Gasteiger partial charge in [-0.25, -0.2) is 4.98 Å². The predicted molar refractivity (Wildman–Crippen MR) is 97.8 cm³/mol. The van der Waals surface area contributed by atoms with Crippen LogP contribution >= 0.6 is 11.3 Å². The van der Waals surface area contributed by atoms with Gasteiger partial charge < -0.3 is 9.80 Å². The number of aryl methyl sites for hydroxylation is 1. The van der Waals surface area contributed by atoms with Crippen molar-refractivity contribution in [3.05, 3.63) is 15.6 Å². The summed E-state index contributed by atoms with van der Waals surface area (Å²) in [7, 11) is 0. The lowest BCUT2D eigenvalue weighted by atomic mass is 9.94. The largest absolute Gasteiger partial charge is 0.337 e. The summed E-state index contributed by atoms with van der Waals surface area (Å²) in [6.07, 6.45) is 4.46. The molecule has 5 rings (SSSR count). The lowest BCUT2D eigenvalue weighted by Gasteiger charge is -2.36. The number of carbonyl (C=O) groups is 2. The van der Waals surface area contributed by atoms with Gasteiger partial charge in [-0.3, -0.25) is 9.59 Å². The highest BCUT2D eigenvalue weighted by molar-refractivity contribution is 7.13. The van der Waals surface area contributed by atoms with Crippen LogP contribution in [-0.2, 0) is 4.79 Å². The Bertz CT molecular complexity index is 695. The quantitative estimate of drug-likeness (QED) is 0.828. The number of nitrogens with zero attached hydrogens (tertiary/aromatic N) is 3. The van der Waals surface area contributed by atoms with E-state index in [0.29, 0.717) is 24.9 Å². The van der Waals surface area contributed by atoms with Crippen molar-refractivity contribution in [1.82, 2.24) is 14.8 Å². The Hall–Kier alpha value is -1.43. The molecule has 1 saturated carbocycles. The van der Waals surface area contributed by atoms with E-state index in [1.807, 2.05) is 11.8 Å². The molecular formula is C19H27N3O2S. The molecule has 0 unspecified atom stereocenters. The van der Waals surface area contributed by atoms with Crippen LogP contribution in [0.15, 0.2) is 0 Å². The number of amides is 2. The molecule has 4 heterocycles. The second-order valence-corrected chi connectivity index (χ2v) is 9.22. The molecule has 0 radical (unpaired) electrons. The molecule has 6 heteroatoms. The molecule has 3 aliphatic heterocycles. The first-order chi connectivity index (χ1) is 11.9. The van der Waals surface area contributed by atoms with Gasteiger partial charge in [0.05, 0.1) is 16.6 Å². The third-order valence-corrected chi connectivity index (χ3v) is 7.18. The minimum atomic E-state index is -0.0146. The molecule has 1 aromatic rings. The van der Waals surface area contributed by atoms with Gasteiger partial charge in [0.25, 0.3) is 5.91 Å². The van der Waals surface area contributed by atoms with Crippen molar-refractivity contribution in [2.45, 2.75) is 58.4 Å². The second kappa shape index (κ2) is 6.38. The van der Waals surface area contributed by atoms with Crippen LogP contribution in [-0.4, -0.2) is 52.3 Å². The highest BCUT2D eigenvalue weighted by Gasteiger charge is 2.43. The third kappa shape index (κ3) is 3.21. The molecule has 2 bridgehead atoms. The number of thiazole rings is 1. The molecule has 5 nitrogen and oxygen atoms in total. The number of fused-ring (bicyclic) bond motifs is 4. The highest BCUT2D eigenvalue weighted by Crippen LogP contribution is 2.36. The van der Waals surface area contributed by atoms with Crippen molar-refractivity contribution in [1.29, 1.82) is 0 Å². The molecule has 0 aromatic carbocycles. The fourth-order valence-corrected chi connectivity index (χ4v) is 5.07. The smallest absolute Gasteiger partial charge is 0.265 e. The normalized spacial score (nSPS) is 26.5. The van der Waals surface area contributed by atoms with Crippen LogP contribution in [0.3, 0.4) is 0 Å². The fourth-order valence-electron chi connectivity index (χ4n) is 4.03. The maximum absolute atomic E-state index is 13.1. The summed E-state index contributed by atoms with van der Waals surface area (Å²) in [6, 6.07) is 0.202. The average molecular weight is 362 g/mol. The van der Waals surface area contributed by atoms with Crippen molar-refractivity contribution in [2.24, 2.45) is 11.8 Å². The molecule has 1 aliphatic carbocycles. The zero-order valence-corrected chi connectivity index (χ0v) is 16.1. The number of aromatic nitrogens is 1. The minimum absolute atomic E-state index is 0.0146. The monoisotopic (exact) mass is 361 g/mol. The summed E-state index contributed by atoms with van der Waals surface area (Å²) in [6.45, 7) is 8.29. The zero-order valence-electron chi connectivity index (χ0n) is 15.3. The van der Waals surface area contributed by atoms with E-state index >= 15 is 0 Å². The minimum Gasteiger partial charge on any atom is -0.337 e. The lowest BCUT2D eigenvalue weighted by molar-refractivity contribution is -0.140. The number of carbonyl (C=O) groups excluding carboxylic acids is 2. The van der Waals surface area contributed by atoms with Crippen molar-refractivity contribution in [3.63, 3.8) is 0 Å². The molecule has 2 atom stereocenters. The molecule has 25 heavy (non-hydrogen) atoms. The van der Waals surface area contributed by atoms with Crippen molar-refractivity contribution >= 4 is 23.2 Å². The van der Waals surface area contributed by atoms with Gasteiger partial charge in [0.15, 0.2) is 0 Å². The number of hydrogen-bond donors (Lipinski definition) is 0.